The first kappa shape index (κ1) is 22.7. The van der Waals surface area contributed by atoms with Crippen molar-refractivity contribution in [2.75, 3.05) is 13.7 Å². The van der Waals surface area contributed by atoms with Crippen LogP contribution in [0.3, 0.4) is 0 Å². The van der Waals surface area contributed by atoms with Crippen molar-refractivity contribution in [1.29, 1.82) is 5.26 Å². The SMILES string of the molecule is COc1cc(/C=C/C(=O)O[C@@H](C)C(=O)NC(=O)NC2CCCC2)ccc1OCC#N. The van der Waals surface area contributed by atoms with E-state index in [2.05, 4.69) is 10.6 Å². The number of rotatable bonds is 8. The van der Waals surface area contributed by atoms with E-state index in [1.165, 1.54) is 20.1 Å². The van der Waals surface area contributed by atoms with Gasteiger partial charge in [-0.25, -0.2) is 9.59 Å². The van der Waals surface area contributed by atoms with Gasteiger partial charge in [0.05, 0.1) is 7.11 Å². The van der Waals surface area contributed by atoms with Crippen LogP contribution in [0.15, 0.2) is 24.3 Å². The minimum Gasteiger partial charge on any atom is -0.493 e. The van der Waals surface area contributed by atoms with Gasteiger partial charge in [0, 0.05) is 12.1 Å². The average Bonchev–Trinajstić information content (AvgIpc) is 3.23. The highest BCUT2D eigenvalue weighted by Crippen LogP contribution is 2.28. The number of carbonyl (C=O) groups is 3. The third kappa shape index (κ3) is 7.13. The summed E-state index contributed by atoms with van der Waals surface area (Å²) >= 11 is 0. The van der Waals surface area contributed by atoms with Gasteiger partial charge in [-0.1, -0.05) is 18.9 Å². The molecule has 1 aromatic carbocycles. The third-order valence-corrected chi connectivity index (χ3v) is 4.48. The van der Waals surface area contributed by atoms with Crippen LogP contribution in [0.25, 0.3) is 6.08 Å². The molecule has 9 heteroatoms. The summed E-state index contributed by atoms with van der Waals surface area (Å²) in [6.07, 6.45) is 5.42. The number of nitrogens with zero attached hydrogens (tertiary/aromatic N) is 1. The lowest BCUT2D eigenvalue weighted by Crippen LogP contribution is -2.47. The Balaban J connectivity index is 1.84. The number of nitrogens with one attached hydrogen (secondary N) is 2. The van der Waals surface area contributed by atoms with E-state index in [1.807, 2.05) is 6.07 Å². The molecule has 1 aromatic rings. The van der Waals surface area contributed by atoms with Crippen LogP contribution < -0.4 is 20.1 Å². The second-order valence-electron chi connectivity index (χ2n) is 6.71. The van der Waals surface area contributed by atoms with Crippen molar-refractivity contribution < 1.29 is 28.6 Å². The number of hydrogen-bond acceptors (Lipinski definition) is 7. The lowest BCUT2D eigenvalue weighted by atomic mass is 10.2. The molecule has 1 saturated carbocycles. The highest BCUT2D eigenvalue weighted by molar-refractivity contribution is 5.98. The van der Waals surface area contributed by atoms with E-state index in [0.717, 1.165) is 31.8 Å². The highest BCUT2D eigenvalue weighted by Gasteiger charge is 2.22. The number of hydrogen-bond donors (Lipinski definition) is 2. The van der Waals surface area contributed by atoms with Crippen molar-refractivity contribution in [2.45, 2.75) is 44.8 Å². The molecule has 0 radical (unpaired) electrons. The molecule has 9 nitrogen and oxygen atoms in total. The average molecular weight is 415 g/mol. The van der Waals surface area contributed by atoms with E-state index in [-0.39, 0.29) is 12.6 Å². The number of nitriles is 1. The minimum atomic E-state index is -1.13. The standard InChI is InChI=1S/C21H25N3O6/c1-14(20(26)24-21(27)23-16-5-3-4-6-16)30-19(25)10-8-15-7-9-17(29-12-11-22)18(13-15)28-2/h7-10,13-14,16H,3-6,12H2,1-2H3,(H2,23,24,26,27)/b10-8+/t14-/m0/s1. The van der Waals surface area contributed by atoms with E-state index in [1.54, 1.807) is 18.2 Å². The summed E-state index contributed by atoms with van der Waals surface area (Å²) < 4.78 is 15.5. The fourth-order valence-corrected chi connectivity index (χ4v) is 2.95. The number of methoxy groups -OCH3 is 1. The molecule has 0 heterocycles. The molecule has 0 saturated heterocycles. The molecule has 2 N–H and O–H groups in total. The molecule has 2 rings (SSSR count). The summed E-state index contributed by atoms with van der Waals surface area (Å²) in [5.74, 6) is -0.632. The molecule has 0 aliphatic heterocycles. The molecule has 0 aromatic heterocycles. The monoisotopic (exact) mass is 415 g/mol. The first-order valence-corrected chi connectivity index (χ1v) is 9.60. The largest absolute Gasteiger partial charge is 0.493 e. The Morgan fingerprint density at radius 2 is 2.00 bits per heavy atom. The molecule has 160 valence electrons. The zero-order valence-corrected chi connectivity index (χ0v) is 17.0. The number of esters is 1. The minimum absolute atomic E-state index is 0.0762. The molecule has 1 aliphatic rings. The molecular weight excluding hydrogens is 390 g/mol. The van der Waals surface area contributed by atoms with Crippen LogP contribution in [0, 0.1) is 11.3 Å². The summed E-state index contributed by atoms with van der Waals surface area (Å²) in [6, 6.07) is 6.26. The van der Waals surface area contributed by atoms with E-state index < -0.39 is 24.0 Å². The lowest BCUT2D eigenvalue weighted by Gasteiger charge is -2.15. The lowest BCUT2D eigenvalue weighted by molar-refractivity contribution is -0.149. The van der Waals surface area contributed by atoms with Crippen molar-refractivity contribution in [2.24, 2.45) is 0 Å². The fourth-order valence-electron chi connectivity index (χ4n) is 2.95. The molecular formula is C21H25N3O6. The summed E-state index contributed by atoms with van der Waals surface area (Å²) in [6.45, 7) is 1.27. The highest BCUT2D eigenvalue weighted by atomic mass is 16.5. The van der Waals surface area contributed by atoms with Gasteiger partial charge in [-0.15, -0.1) is 0 Å². The van der Waals surface area contributed by atoms with Gasteiger partial charge in [0.25, 0.3) is 5.91 Å². The summed E-state index contributed by atoms with van der Waals surface area (Å²) in [5.41, 5.74) is 0.626. The third-order valence-electron chi connectivity index (χ3n) is 4.48. The Morgan fingerprint density at radius 1 is 1.27 bits per heavy atom. The van der Waals surface area contributed by atoms with Crippen molar-refractivity contribution in [3.05, 3.63) is 29.8 Å². The van der Waals surface area contributed by atoms with Gasteiger partial charge in [-0.2, -0.15) is 5.26 Å². The van der Waals surface area contributed by atoms with Crippen LogP contribution in [0.2, 0.25) is 0 Å². The van der Waals surface area contributed by atoms with Crippen LogP contribution in [0.1, 0.15) is 38.2 Å². The van der Waals surface area contributed by atoms with E-state index >= 15 is 0 Å². The fraction of sp³-hybridized carbons (Fsp3) is 0.429. The van der Waals surface area contributed by atoms with Crippen LogP contribution in [-0.2, 0) is 14.3 Å². The summed E-state index contributed by atoms with van der Waals surface area (Å²) in [4.78, 5) is 35.8. The van der Waals surface area contributed by atoms with Crippen LogP contribution >= 0.6 is 0 Å². The molecule has 1 aliphatic carbocycles. The van der Waals surface area contributed by atoms with Gasteiger partial charge in [0.2, 0.25) is 0 Å². The second kappa shape index (κ2) is 11.5. The topological polar surface area (TPSA) is 127 Å². The Hall–Kier alpha value is -3.54. The maximum absolute atomic E-state index is 12.0. The van der Waals surface area contributed by atoms with Gasteiger partial charge in [-0.3, -0.25) is 10.1 Å². The Morgan fingerprint density at radius 3 is 2.67 bits per heavy atom. The molecule has 0 unspecified atom stereocenters. The molecule has 0 bridgehead atoms. The first-order valence-electron chi connectivity index (χ1n) is 9.60. The van der Waals surface area contributed by atoms with Gasteiger partial charge in [-0.05, 0) is 43.5 Å². The zero-order valence-electron chi connectivity index (χ0n) is 17.0. The number of imide groups is 1. The Bertz CT molecular complexity index is 840. The number of amides is 3. The van der Waals surface area contributed by atoms with Gasteiger partial charge in [0.1, 0.15) is 6.07 Å². The molecule has 30 heavy (non-hydrogen) atoms. The van der Waals surface area contributed by atoms with E-state index in [0.29, 0.717) is 17.1 Å². The first-order chi connectivity index (χ1) is 14.4. The number of benzene rings is 1. The summed E-state index contributed by atoms with van der Waals surface area (Å²) in [7, 11) is 1.46. The smallest absolute Gasteiger partial charge is 0.331 e. The van der Waals surface area contributed by atoms with Crippen molar-refractivity contribution in [3.8, 4) is 17.6 Å². The number of carbonyl (C=O) groups excluding carboxylic acids is 3. The molecule has 1 atom stereocenters. The predicted molar refractivity (Wildman–Crippen MR) is 108 cm³/mol. The number of urea groups is 1. The molecule has 0 spiro atoms. The van der Waals surface area contributed by atoms with Gasteiger partial charge < -0.3 is 19.5 Å². The van der Waals surface area contributed by atoms with E-state index in [9.17, 15) is 14.4 Å². The maximum Gasteiger partial charge on any atom is 0.331 e. The van der Waals surface area contributed by atoms with Gasteiger partial charge >= 0.3 is 12.0 Å². The normalized spacial score (nSPS) is 14.6. The molecule has 1 fully saturated rings. The van der Waals surface area contributed by atoms with Crippen LogP contribution in [0.4, 0.5) is 4.79 Å². The summed E-state index contributed by atoms with van der Waals surface area (Å²) in [5, 5.41) is 13.5. The molecule has 3 amide bonds. The van der Waals surface area contributed by atoms with Crippen LogP contribution in [-0.4, -0.2) is 43.8 Å². The quantitative estimate of drug-likeness (QED) is 0.493. The maximum atomic E-state index is 12.0. The Kier molecular flexibility index (Phi) is 8.69. The van der Waals surface area contributed by atoms with Crippen molar-refractivity contribution >= 4 is 24.0 Å². The van der Waals surface area contributed by atoms with Gasteiger partial charge in [0.15, 0.2) is 24.2 Å². The van der Waals surface area contributed by atoms with Crippen LogP contribution in [0.5, 0.6) is 11.5 Å². The van der Waals surface area contributed by atoms with Crippen molar-refractivity contribution in [3.63, 3.8) is 0 Å². The zero-order chi connectivity index (χ0) is 21.9. The Labute approximate surface area is 175 Å². The second-order valence-corrected chi connectivity index (χ2v) is 6.71. The predicted octanol–water partition coefficient (Wildman–Crippen LogP) is 2.31. The van der Waals surface area contributed by atoms with E-state index in [4.69, 9.17) is 19.5 Å². The van der Waals surface area contributed by atoms with Crippen molar-refractivity contribution in [1.82, 2.24) is 10.6 Å². The number of ether oxygens (including phenoxy) is 3.